The zero-order chi connectivity index (χ0) is 42.8. The molecule has 9 aromatic carbocycles. The van der Waals surface area contributed by atoms with Gasteiger partial charge in [-0.1, -0.05) is 146 Å². The molecule has 4 aromatic heterocycles. The molecular weight excluding hydrogens is 817 g/mol. The number of thiophene rings is 1. The Labute approximate surface area is 376 Å². The lowest BCUT2D eigenvalue weighted by Crippen LogP contribution is -2.00. The van der Waals surface area contributed by atoms with Gasteiger partial charge in [0.1, 0.15) is 16.7 Å². The molecule has 0 atom stereocenters. The fourth-order valence-electron chi connectivity index (χ4n) is 9.01. The van der Waals surface area contributed by atoms with Gasteiger partial charge in [-0.3, -0.25) is 0 Å². The summed E-state index contributed by atoms with van der Waals surface area (Å²) in [6.45, 7) is 0. The number of oxazole rings is 1. The lowest BCUT2D eigenvalue weighted by molar-refractivity contribution is 0.621. The van der Waals surface area contributed by atoms with Gasteiger partial charge in [-0.25, -0.2) is 19.9 Å². The molecule has 0 saturated carbocycles. The smallest absolute Gasteiger partial charge is 0.227 e. The maximum Gasteiger partial charge on any atom is 0.227 e. The second kappa shape index (κ2) is 15.1. The van der Waals surface area contributed by atoms with E-state index in [0.717, 1.165) is 88.7 Å². The van der Waals surface area contributed by atoms with Crippen molar-refractivity contribution in [1.29, 1.82) is 0 Å². The van der Waals surface area contributed by atoms with Crippen molar-refractivity contribution in [3.8, 4) is 79.0 Å². The van der Waals surface area contributed by atoms with Gasteiger partial charge in [0.2, 0.25) is 5.89 Å². The monoisotopic (exact) mass is 850 g/mol. The SMILES string of the molecule is c1ccc(-c2nc3cccc(-c4cccc(-c5cccc(-c6cccc(-c7nc(-c8ccc9c(c8)sc8ccccc89)nc(-c8cccc9c8oc8ccccc89)n7)c6)c5)c4)c3o2)cc1. The summed E-state index contributed by atoms with van der Waals surface area (Å²) >= 11 is 1.78. The highest BCUT2D eigenvalue weighted by Gasteiger charge is 2.19. The maximum absolute atomic E-state index is 6.51. The molecule has 0 spiro atoms. The number of fused-ring (bicyclic) bond motifs is 7. The second-order valence-corrected chi connectivity index (χ2v) is 17.3. The van der Waals surface area contributed by atoms with Crippen LogP contribution < -0.4 is 0 Å². The van der Waals surface area contributed by atoms with Crippen LogP contribution in [0.3, 0.4) is 0 Å². The molecular formula is C58H34N4O2S. The standard InChI is InChI=1S/C58H34N4O2S/c1-2-13-35(14-3-1)58-59-49-26-12-23-43(54(49)64-58)40-19-9-17-38(32-40)36-15-8-16-37(31-36)39-18-10-20-41(33-39)55-60-56(42-29-30-46-45-22-5-7-28-51(45)65-52(46)34-42)62-57(61-55)48-25-11-24-47-44-21-4-6-27-50(44)63-53(47)48/h1-34H. The Morgan fingerprint density at radius 2 is 0.862 bits per heavy atom. The summed E-state index contributed by atoms with van der Waals surface area (Å²) in [7, 11) is 0. The Morgan fingerprint density at radius 1 is 0.308 bits per heavy atom. The largest absolute Gasteiger partial charge is 0.455 e. The van der Waals surface area contributed by atoms with Crippen LogP contribution in [0.4, 0.5) is 0 Å². The first-order valence-electron chi connectivity index (χ1n) is 21.5. The van der Waals surface area contributed by atoms with Gasteiger partial charge in [0.05, 0.1) is 5.56 Å². The van der Waals surface area contributed by atoms with Crippen LogP contribution in [0.2, 0.25) is 0 Å². The Morgan fingerprint density at radius 3 is 1.66 bits per heavy atom. The number of para-hydroxylation sites is 3. The van der Waals surface area contributed by atoms with E-state index in [4.69, 9.17) is 28.8 Å². The van der Waals surface area contributed by atoms with Crippen molar-refractivity contribution in [1.82, 2.24) is 19.9 Å². The summed E-state index contributed by atoms with van der Waals surface area (Å²) in [5, 5.41) is 4.55. The van der Waals surface area contributed by atoms with E-state index in [9.17, 15) is 0 Å². The molecule has 304 valence electrons. The molecule has 4 heterocycles. The molecule has 0 bridgehead atoms. The molecule has 0 aliphatic carbocycles. The number of hydrogen-bond donors (Lipinski definition) is 0. The highest BCUT2D eigenvalue weighted by atomic mass is 32.1. The van der Waals surface area contributed by atoms with Crippen LogP contribution in [0.25, 0.3) is 132 Å². The third-order valence-corrected chi connectivity index (χ3v) is 13.3. The van der Waals surface area contributed by atoms with E-state index in [1.165, 1.54) is 20.2 Å². The van der Waals surface area contributed by atoms with Gasteiger partial charge in [-0.05, 0) is 88.5 Å². The van der Waals surface area contributed by atoms with Crippen molar-refractivity contribution >= 4 is 64.5 Å². The highest BCUT2D eigenvalue weighted by Crippen LogP contribution is 2.40. The molecule has 0 N–H and O–H groups in total. The average molecular weight is 851 g/mol. The maximum atomic E-state index is 6.51. The molecule has 0 amide bonds. The summed E-state index contributed by atoms with van der Waals surface area (Å²) in [4.78, 5) is 20.4. The van der Waals surface area contributed by atoms with Gasteiger partial charge in [-0.2, -0.15) is 0 Å². The Kier molecular flexibility index (Phi) is 8.60. The lowest BCUT2D eigenvalue weighted by Gasteiger charge is -2.11. The summed E-state index contributed by atoms with van der Waals surface area (Å²) in [6, 6.07) is 71.3. The fourth-order valence-corrected chi connectivity index (χ4v) is 10.2. The summed E-state index contributed by atoms with van der Waals surface area (Å²) in [5.41, 5.74) is 13.1. The molecule has 13 rings (SSSR count). The molecule has 0 saturated heterocycles. The molecule has 6 nitrogen and oxygen atoms in total. The minimum atomic E-state index is 0.552. The van der Waals surface area contributed by atoms with E-state index in [-0.39, 0.29) is 0 Å². The molecule has 0 fully saturated rings. The fraction of sp³-hybridized carbons (Fsp3) is 0. The lowest BCUT2D eigenvalue weighted by atomic mass is 9.95. The van der Waals surface area contributed by atoms with Crippen LogP contribution in [-0.4, -0.2) is 19.9 Å². The Balaban J connectivity index is 0.899. The van der Waals surface area contributed by atoms with E-state index in [2.05, 4.69) is 133 Å². The van der Waals surface area contributed by atoms with Gasteiger partial charge < -0.3 is 8.83 Å². The molecule has 0 radical (unpaired) electrons. The van der Waals surface area contributed by atoms with Crippen molar-refractivity contribution in [3.05, 3.63) is 206 Å². The molecule has 0 aliphatic heterocycles. The van der Waals surface area contributed by atoms with Crippen LogP contribution in [-0.2, 0) is 0 Å². The molecule has 7 heteroatoms. The van der Waals surface area contributed by atoms with Gasteiger partial charge in [0.25, 0.3) is 0 Å². The zero-order valence-corrected chi connectivity index (χ0v) is 35.5. The molecule has 65 heavy (non-hydrogen) atoms. The number of rotatable bonds is 7. The molecule has 0 unspecified atom stereocenters. The predicted octanol–water partition coefficient (Wildman–Crippen LogP) is 15.9. The van der Waals surface area contributed by atoms with Crippen LogP contribution in [0.1, 0.15) is 0 Å². The number of benzene rings is 9. The van der Waals surface area contributed by atoms with Crippen LogP contribution in [0.5, 0.6) is 0 Å². The van der Waals surface area contributed by atoms with Gasteiger partial charge in [0, 0.05) is 53.2 Å². The van der Waals surface area contributed by atoms with Crippen LogP contribution in [0, 0.1) is 0 Å². The topological polar surface area (TPSA) is 77.8 Å². The molecule has 0 aliphatic rings. The van der Waals surface area contributed by atoms with Crippen molar-refractivity contribution in [2.75, 3.05) is 0 Å². The van der Waals surface area contributed by atoms with E-state index < -0.39 is 0 Å². The minimum absolute atomic E-state index is 0.552. The first-order chi connectivity index (χ1) is 32.2. The van der Waals surface area contributed by atoms with Gasteiger partial charge in [-0.15, -0.1) is 11.3 Å². The number of furan rings is 1. The number of hydrogen-bond acceptors (Lipinski definition) is 7. The quantitative estimate of drug-likeness (QED) is 0.159. The summed E-state index contributed by atoms with van der Waals surface area (Å²) in [6.07, 6.45) is 0. The summed E-state index contributed by atoms with van der Waals surface area (Å²) in [5.74, 6) is 2.34. The predicted molar refractivity (Wildman–Crippen MR) is 266 cm³/mol. The van der Waals surface area contributed by atoms with Crippen LogP contribution in [0.15, 0.2) is 215 Å². The van der Waals surface area contributed by atoms with Gasteiger partial charge in [0.15, 0.2) is 23.1 Å². The van der Waals surface area contributed by atoms with Crippen molar-refractivity contribution in [2.24, 2.45) is 0 Å². The number of aromatic nitrogens is 4. The molecule has 13 aromatic rings. The van der Waals surface area contributed by atoms with E-state index in [0.29, 0.717) is 23.4 Å². The third-order valence-electron chi connectivity index (χ3n) is 12.2. The first-order valence-corrected chi connectivity index (χ1v) is 22.3. The Bertz CT molecular complexity index is 3980. The average Bonchev–Trinajstić information content (AvgIpc) is 4.10. The van der Waals surface area contributed by atoms with Crippen molar-refractivity contribution in [2.45, 2.75) is 0 Å². The Hall–Kier alpha value is -8.52. The second-order valence-electron chi connectivity index (χ2n) is 16.2. The van der Waals surface area contributed by atoms with Gasteiger partial charge >= 0.3 is 0 Å². The third kappa shape index (κ3) is 6.48. The zero-order valence-electron chi connectivity index (χ0n) is 34.6. The first kappa shape index (κ1) is 37.1. The van der Waals surface area contributed by atoms with E-state index in [1.807, 2.05) is 72.8 Å². The van der Waals surface area contributed by atoms with Crippen molar-refractivity contribution < 1.29 is 8.83 Å². The number of nitrogens with zero attached hydrogens (tertiary/aromatic N) is 4. The highest BCUT2D eigenvalue weighted by molar-refractivity contribution is 7.25. The normalized spacial score (nSPS) is 11.7. The van der Waals surface area contributed by atoms with Crippen molar-refractivity contribution in [3.63, 3.8) is 0 Å². The minimum Gasteiger partial charge on any atom is -0.455 e. The summed E-state index contributed by atoms with van der Waals surface area (Å²) < 4.78 is 15.4. The van der Waals surface area contributed by atoms with E-state index in [1.54, 1.807) is 11.3 Å². The van der Waals surface area contributed by atoms with E-state index >= 15 is 0 Å². The van der Waals surface area contributed by atoms with Crippen LogP contribution >= 0.6 is 11.3 Å².